The first-order valence-corrected chi connectivity index (χ1v) is 5.39. The third-order valence-electron chi connectivity index (χ3n) is 2.21. The van der Waals surface area contributed by atoms with Crippen molar-refractivity contribution in [1.82, 2.24) is 0 Å². The fourth-order valence-corrected chi connectivity index (χ4v) is 1.63. The van der Waals surface area contributed by atoms with E-state index in [0.29, 0.717) is 0 Å². The molecule has 0 amide bonds. The van der Waals surface area contributed by atoms with Gasteiger partial charge >= 0.3 is 5.97 Å². The molecule has 1 saturated heterocycles. The molecule has 1 heterocycles. The van der Waals surface area contributed by atoms with Crippen LogP contribution in [0.3, 0.4) is 0 Å². The Hall–Kier alpha value is -0.610. The molecule has 4 heteroatoms. The maximum Gasteiger partial charge on any atom is 0.308 e. The van der Waals surface area contributed by atoms with Crippen LogP contribution in [-0.2, 0) is 14.3 Å². The third-order valence-corrected chi connectivity index (χ3v) is 2.21. The van der Waals surface area contributed by atoms with E-state index in [1.807, 2.05) is 20.8 Å². The topological polar surface area (TPSA) is 55.8 Å². The van der Waals surface area contributed by atoms with E-state index >= 15 is 0 Å². The largest absolute Gasteiger partial charge is 0.460 e. The summed E-state index contributed by atoms with van der Waals surface area (Å²) in [6, 6.07) is 0. The Bertz CT molecular complexity index is 219. The smallest absolute Gasteiger partial charge is 0.308 e. The average Bonchev–Trinajstić information content (AvgIpc) is 2.48. The van der Waals surface area contributed by atoms with Gasteiger partial charge in [-0.25, -0.2) is 0 Å². The molecule has 88 valence electrons. The van der Waals surface area contributed by atoms with Crippen molar-refractivity contribution in [1.29, 1.82) is 0 Å². The fourth-order valence-electron chi connectivity index (χ4n) is 1.63. The fraction of sp³-hybridized carbons (Fsp3) is 0.909. The number of rotatable bonds is 3. The van der Waals surface area contributed by atoms with E-state index in [4.69, 9.17) is 14.6 Å². The first-order chi connectivity index (χ1) is 6.90. The van der Waals surface area contributed by atoms with Gasteiger partial charge in [-0.05, 0) is 33.6 Å². The lowest BCUT2D eigenvalue weighted by Crippen LogP contribution is -2.26. The van der Waals surface area contributed by atoms with Crippen LogP contribution in [0.15, 0.2) is 0 Å². The van der Waals surface area contributed by atoms with Gasteiger partial charge in [-0.2, -0.15) is 0 Å². The van der Waals surface area contributed by atoms with Crippen molar-refractivity contribution in [2.75, 3.05) is 6.61 Å². The van der Waals surface area contributed by atoms with Crippen molar-refractivity contribution in [2.24, 2.45) is 0 Å². The van der Waals surface area contributed by atoms with Gasteiger partial charge in [0.2, 0.25) is 0 Å². The lowest BCUT2D eigenvalue weighted by molar-refractivity contribution is -0.157. The second-order valence-electron chi connectivity index (χ2n) is 4.93. The van der Waals surface area contributed by atoms with Crippen LogP contribution in [0.25, 0.3) is 0 Å². The maximum absolute atomic E-state index is 11.4. The van der Waals surface area contributed by atoms with Crippen LogP contribution < -0.4 is 0 Å². The molecule has 0 saturated carbocycles. The number of esters is 1. The normalized spacial score (nSPS) is 26.7. The van der Waals surface area contributed by atoms with Crippen LogP contribution in [0.5, 0.6) is 0 Å². The van der Waals surface area contributed by atoms with Gasteiger partial charge in [-0.3, -0.25) is 4.79 Å². The summed E-state index contributed by atoms with van der Waals surface area (Å²) in [6.07, 6.45) is 1.75. The quantitative estimate of drug-likeness (QED) is 0.721. The SMILES string of the molecule is CC(C)(C)OC(=O)C[C@H]1CC[C@@H](CO)O1. The first kappa shape index (κ1) is 12.5. The number of aliphatic hydroxyl groups is 1. The average molecular weight is 216 g/mol. The monoisotopic (exact) mass is 216 g/mol. The van der Waals surface area contributed by atoms with E-state index in [9.17, 15) is 4.79 Å². The van der Waals surface area contributed by atoms with Crippen molar-refractivity contribution in [3.63, 3.8) is 0 Å². The zero-order valence-corrected chi connectivity index (χ0v) is 9.66. The van der Waals surface area contributed by atoms with E-state index in [0.717, 1.165) is 12.8 Å². The Kier molecular flexibility index (Phi) is 4.11. The Balaban J connectivity index is 2.28. The van der Waals surface area contributed by atoms with Crippen LogP contribution >= 0.6 is 0 Å². The summed E-state index contributed by atoms with van der Waals surface area (Å²) in [7, 11) is 0. The number of carbonyl (C=O) groups excluding carboxylic acids is 1. The minimum atomic E-state index is -0.438. The van der Waals surface area contributed by atoms with Crippen LogP contribution in [0, 0.1) is 0 Å². The Morgan fingerprint density at radius 3 is 2.47 bits per heavy atom. The summed E-state index contributed by atoms with van der Waals surface area (Å²) in [5.74, 6) is -0.230. The second kappa shape index (κ2) is 4.94. The second-order valence-corrected chi connectivity index (χ2v) is 4.93. The highest BCUT2D eigenvalue weighted by molar-refractivity contribution is 5.70. The van der Waals surface area contributed by atoms with E-state index in [1.54, 1.807) is 0 Å². The molecule has 0 aliphatic carbocycles. The standard InChI is InChI=1S/C11H20O4/c1-11(2,3)15-10(13)6-8-4-5-9(7-12)14-8/h8-9,12H,4-7H2,1-3H3/t8-,9+/m1/s1. The minimum absolute atomic E-state index is 0.0326. The Labute approximate surface area is 90.6 Å². The first-order valence-electron chi connectivity index (χ1n) is 5.39. The molecule has 0 bridgehead atoms. The summed E-state index contributed by atoms with van der Waals surface area (Å²) >= 11 is 0. The van der Waals surface area contributed by atoms with Gasteiger partial charge in [0.25, 0.3) is 0 Å². The van der Waals surface area contributed by atoms with Gasteiger partial charge in [-0.15, -0.1) is 0 Å². The van der Waals surface area contributed by atoms with Crippen LogP contribution in [-0.4, -0.2) is 35.5 Å². The summed E-state index contributed by atoms with van der Waals surface area (Å²) < 4.78 is 10.6. The van der Waals surface area contributed by atoms with E-state index in [1.165, 1.54) is 0 Å². The van der Waals surface area contributed by atoms with E-state index in [2.05, 4.69) is 0 Å². The van der Waals surface area contributed by atoms with Gasteiger partial charge < -0.3 is 14.6 Å². The van der Waals surface area contributed by atoms with Crippen molar-refractivity contribution in [2.45, 2.75) is 57.8 Å². The molecule has 0 spiro atoms. The zero-order valence-electron chi connectivity index (χ0n) is 9.66. The van der Waals surface area contributed by atoms with E-state index < -0.39 is 5.60 Å². The van der Waals surface area contributed by atoms with Crippen LogP contribution in [0.2, 0.25) is 0 Å². The molecule has 15 heavy (non-hydrogen) atoms. The lowest BCUT2D eigenvalue weighted by Gasteiger charge is -2.20. The molecule has 0 unspecified atom stereocenters. The van der Waals surface area contributed by atoms with Crippen molar-refractivity contribution in [3.05, 3.63) is 0 Å². The summed E-state index contributed by atoms with van der Waals surface area (Å²) in [6.45, 7) is 5.57. The molecule has 2 atom stereocenters. The highest BCUT2D eigenvalue weighted by Crippen LogP contribution is 2.22. The highest BCUT2D eigenvalue weighted by atomic mass is 16.6. The number of hydrogen-bond acceptors (Lipinski definition) is 4. The van der Waals surface area contributed by atoms with Crippen molar-refractivity contribution >= 4 is 5.97 Å². The highest BCUT2D eigenvalue weighted by Gasteiger charge is 2.28. The number of aliphatic hydroxyl groups excluding tert-OH is 1. The molecule has 0 aromatic rings. The molecular formula is C11H20O4. The summed E-state index contributed by atoms with van der Waals surface area (Å²) in [5.41, 5.74) is -0.438. The number of ether oxygens (including phenoxy) is 2. The zero-order chi connectivity index (χ0) is 11.5. The minimum Gasteiger partial charge on any atom is -0.460 e. The van der Waals surface area contributed by atoms with Gasteiger partial charge in [0.1, 0.15) is 5.60 Å². The molecule has 0 radical (unpaired) electrons. The van der Waals surface area contributed by atoms with Gasteiger partial charge in [0.05, 0.1) is 25.2 Å². The number of carbonyl (C=O) groups is 1. The molecule has 1 aliphatic heterocycles. The van der Waals surface area contributed by atoms with Gasteiger partial charge in [-0.1, -0.05) is 0 Å². The maximum atomic E-state index is 11.4. The molecular weight excluding hydrogens is 196 g/mol. The molecule has 4 nitrogen and oxygen atoms in total. The van der Waals surface area contributed by atoms with Gasteiger partial charge in [0, 0.05) is 0 Å². The van der Waals surface area contributed by atoms with E-state index in [-0.39, 0.29) is 31.2 Å². The molecule has 1 fully saturated rings. The van der Waals surface area contributed by atoms with Crippen LogP contribution in [0.4, 0.5) is 0 Å². The molecule has 1 aliphatic rings. The molecule has 0 aromatic heterocycles. The summed E-state index contributed by atoms with van der Waals surface area (Å²) in [4.78, 5) is 11.4. The van der Waals surface area contributed by atoms with Crippen molar-refractivity contribution in [3.8, 4) is 0 Å². The Morgan fingerprint density at radius 1 is 1.40 bits per heavy atom. The Morgan fingerprint density at radius 2 is 2.00 bits per heavy atom. The number of hydrogen-bond donors (Lipinski definition) is 1. The molecule has 0 aromatic carbocycles. The predicted molar refractivity (Wildman–Crippen MR) is 55.4 cm³/mol. The predicted octanol–water partition coefficient (Wildman–Crippen LogP) is 1.26. The third kappa shape index (κ3) is 4.62. The molecule has 1 N–H and O–H groups in total. The molecule has 1 rings (SSSR count). The summed E-state index contributed by atoms with van der Waals surface area (Å²) in [5, 5.41) is 8.86. The van der Waals surface area contributed by atoms with Gasteiger partial charge in [0.15, 0.2) is 0 Å². The van der Waals surface area contributed by atoms with Crippen LogP contribution in [0.1, 0.15) is 40.0 Å². The van der Waals surface area contributed by atoms with Crippen molar-refractivity contribution < 1.29 is 19.4 Å². The lowest BCUT2D eigenvalue weighted by atomic mass is 10.1.